The molecule has 98 valence electrons. The Balaban J connectivity index is 4.79. The van der Waals surface area contributed by atoms with Crippen molar-refractivity contribution in [3.05, 3.63) is 0 Å². The second kappa shape index (κ2) is 6.72. The monoisotopic (exact) mass is 244 g/mol. The number of carbonyl (C=O) groups excluding carboxylic acids is 2. The first kappa shape index (κ1) is 15.2. The van der Waals surface area contributed by atoms with E-state index in [1.54, 1.807) is 0 Å². The highest BCUT2D eigenvalue weighted by Crippen LogP contribution is 2.06. The quantitative estimate of drug-likeness (QED) is 0.248. The molecule has 17 heavy (non-hydrogen) atoms. The van der Waals surface area contributed by atoms with Gasteiger partial charge < -0.3 is 21.6 Å². The van der Waals surface area contributed by atoms with Crippen LogP contribution >= 0.6 is 0 Å². The number of hydrogen-bond donors (Lipinski definition) is 3. The van der Waals surface area contributed by atoms with Gasteiger partial charge in [0.2, 0.25) is 11.8 Å². The lowest BCUT2D eigenvalue weighted by Gasteiger charge is -2.25. The van der Waals surface area contributed by atoms with Crippen LogP contribution in [0.25, 0.3) is 0 Å². The van der Waals surface area contributed by atoms with Crippen LogP contribution in [0, 0.1) is 11.8 Å². The zero-order chi connectivity index (χ0) is 13.6. The van der Waals surface area contributed by atoms with Crippen LogP contribution in [-0.4, -0.2) is 40.8 Å². The maximum absolute atomic E-state index is 12.0. The molecule has 0 spiro atoms. The van der Waals surface area contributed by atoms with E-state index in [2.05, 4.69) is 5.16 Å². The Morgan fingerprint density at radius 3 is 2.18 bits per heavy atom. The van der Waals surface area contributed by atoms with E-state index in [9.17, 15) is 9.59 Å². The first-order chi connectivity index (χ1) is 7.79. The van der Waals surface area contributed by atoms with Crippen molar-refractivity contribution in [1.29, 1.82) is 0 Å². The summed E-state index contributed by atoms with van der Waals surface area (Å²) >= 11 is 0. The number of amides is 2. The fourth-order valence-electron chi connectivity index (χ4n) is 1.35. The number of primary amides is 1. The number of amidine groups is 1. The van der Waals surface area contributed by atoms with Crippen molar-refractivity contribution in [2.24, 2.45) is 28.5 Å². The number of nitrogens with two attached hydrogens (primary N) is 2. The molecule has 7 heteroatoms. The molecule has 2 amide bonds. The van der Waals surface area contributed by atoms with Gasteiger partial charge in [0.05, 0.1) is 12.5 Å². The molecule has 0 aromatic heterocycles. The second-order valence-corrected chi connectivity index (χ2v) is 4.33. The highest BCUT2D eigenvalue weighted by atomic mass is 16.4. The van der Waals surface area contributed by atoms with E-state index in [1.165, 1.54) is 11.8 Å². The Hall–Kier alpha value is -1.79. The van der Waals surface area contributed by atoms with Crippen molar-refractivity contribution in [3.8, 4) is 0 Å². The maximum atomic E-state index is 12.0. The minimum absolute atomic E-state index is 0.167. The third-order valence-electron chi connectivity index (χ3n) is 2.17. The molecule has 0 aliphatic heterocycles. The number of carbonyl (C=O) groups is 2. The molecule has 0 rings (SSSR count). The van der Waals surface area contributed by atoms with Gasteiger partial charge in [0.1, 0.15) is 0 Å². The molecule has 1 unspecified atom stereocenters. The molecule has 0 heterocycles. The first-order valence-electron chi connectivity index (χ1n) is 5.34. The zero-order valence-corrected chi connectivity index (χ0v) is 10.4. The molecule has 1 atom stereocenters. The lowest BCUT2D eigenvalue weighted by molar-refractivity contribution is -0.137. The van der Waals surface area contributed by atoms with Gasteiger partial charge >= 0.3 is 0 Å². The smallest absolute Gasteiger partial charge is 0.237 e. The fraction of sp³-hybridized carbons (Fsp3) is 0.700. The highest BCUT2D eigenvalue weighted by Gasteiger charge is 2.25. The van der Waals surface area contributed by atoms with Gasteiger partial charge in [-0.25, -0.2) is 0 Å². The van der Waals surface area contributed by atoms with E-state index >= 15 is 0 Å². The summed E-state index contributed by atoms with van der Waals surface area (Å²) in [6, 6.07) is 0. The number of oxime groups is 1. The average Bonchev–Trinajstić information content (AvgIpc) is 2.23. The summed E-state index contributed by atoms with van der Waals surface area (Å²) in [5.74, 6) is -1.75. The molecule has 0 saturated carbocycles. The van der Waals surface area contributed by atoms with Gasteiger partial charge in [-0.15, -0.1) is 0 Å². The van der Waals surface area contributed by atoms with Crippen molar-refractivity contribution >= 4 is 17.6 Å². The fourth-order valence-corrected chi connectivity index (χ4v) is 1.35. The summed E-state index contributed by atoms with van der Waals surface area (Å²) in [6.45, 7) is 5.56. The van der Waals surface area contributed by atoms with Crippen LogP contribution in [0.3, 0.4) is 0 Å². The molecule has 5 N–H and O–H groups in total. The SMILES string of the molecule is CC(C)CN(CC(N)=O)C(=O)C(C)C(N)=NO. The normalized spacial score (nSPS) is 13.5. The number of hydrogen-bond acceptors (Lipinski definition) is 4. The summed E-state index contributed by atoms with van der Waals surface area (Å²) in [5.41, 5.74) is 10.4. The summed E-state index contributed by atoms with van der Waals surface area (Å²) in [4.78, 5) is 24.2. The summed E-state index contributed by atoms with van der Waals surface area (Å²) in [6.07, 6.45) is 0. The van der Waals surface area contributed by atoms with Gasteiger partial charge in [-0.3, -0.25) is 9.59 Å². The molecule has 0 aromatic carbocycles. The molecule has 0 saturated heterocycles. The second-order valence-electron chi connectivity index (χ2n) is 4.33. The van der Waals surface area contributed by atoms with Crippen LogP contribution < -0.4 is 11.5 Å². The summed E-state index contributed by atoms with van der Waals surface area (Å²) < 4.78 is 0. The number of rotatable bonds is 6. The average molecular weight is 244 g/mol. The Morgan fingerprint density at radius 2 is 1.82 bits per heavy atom. The first-order valence-corrected chi connectivity index (χ1v) is 5.34. The minimum atomic E-state index is -0.780. The lowest BCUT2D eigenvalue weighted by Crippen LogP contribution is -2.45. The third kappa shape index (κ3) is 5.19. The van der Waals surface area contributed by atoms with E-state index in [1.807, 2.05) is 13.8 Å². The van der Waals surface area contributed by atoms with Gasteiger partial charge in [0.15, 0.2) is 5.84 Å². The van der Waals surface area contributed by atoms with E-state index in [0.717, 1.165) is 0 Å². The summed E-state index contributed by atoms with van der Waals surface area (Å²) in [5, 5.41) is 11.3. The van der Waals surface area contributed by atoms with Crippen molar-refractivity contribution in [3.63, 3.8) is 0 Å². The van der Waals surface area contributed by atoms with Gasteiger partial charge in [-0.2, -0.15) is 0 Å². The molecule has 0 bridgehead atoms. The Labute approximate surface area is 100 Å². The van der Waals surface area contributed by atoms with Crippen molar-refractivity contribution in [1.82, 2.24) is 4.90 Å². The highest BCUT2D eigenvalue weighted by molar-refractivity contribution is 6.02. The van der Waals surface area contributed by atoms with Crippen molar-refractivity contribution < 1.29 is 14.8 Å². The lowest BCUT2D eigenvalue weighted by atomic mass is 10.1. The van der Waals surface area contributed by atoms with Crippen molar-refractivity contribution in [2.45, 2.75) is 20.8 Å². The van der Waals surface area contributed by atoms with Crippen LogP contribution in [0.5, 0.6) is 0 Å². The van der Waals surface area contributed by atoms with E-state index in [-0.39, 0.29) is 24.2 Å². The van der Waals surface area contributed by atoms with Gasteiger partial charge in [-0.05, 0) is 12.8 Å². The van der Waals surface area contributed by atoms with E-state index in [0.29, 0.717) is 6.54 Å². The Kier molecular flexibility index (Phi) is 6.01. The van der Waals surface area contributed by atoms with Crippen LogP contribution in [0.2, 0.25) is 0 Å². The van der Waals surface area contributed by atoms with Gasteiger partial charge in [0, 0.05) is 6.54 Å². The van der Waals surface area contributed by atoms with Crippen molar-refractivity contribution in [2.75, 3.05) is 13.1 Å². The molecule has 0 aliphatic carbocycles. The van der Waals surface area contributed by atoms with Gasteiger partial charge in [0.25, 0.3) is 0 Å². The molecule has 0 aromatic rings. The predicted octanol–water partition coefficient (Wildman–Crippen LogP) is -0.661. The molecule has 7 nitrogen and oxygen atoms in total. The number of nitrogens with zero attached hydrogens (tertiary/aromatic N) is 2. The molecule has 0 fully saturated rings. The Bertz CT molecular complexity index is 315. The van der Waals surface area contributed by atoms with E-state index in [4.69, 9.17) is 16.7 Å². The zero-order valence-electron chi connectivity index (χ0n) is 10.4. The predicted molar refractivity (Wildman–Crippen MR) is 63.2 cm³/mol. The topological polar surface area (TPSA) is 122 Å². The van der Waals surface area contributed by atoms with Crippen LogP contribution in [0.1, 0.15) is 20.8 Å². The largest absolute Gasteiger partial charge is 0.409 e. The maximum Gasteiger partial charge on any atom is 0.237 e. The molecular formula is C10H20N4O3. The Morgan fingerprint density at radius 1 is 1.29 bits per heavy atom. The minimum Gasteiger partial charge on any atom is -0.409 e. The standard InChI is InChI=1S/C10H20N4O3/c1-6(2)4-14(5-8(11)15)10(16)7(3)9(12)13-17/h6-7,17H,4-5H2,1-3H3,(H2,11,15)(H2,12,13). The van der Waals surface area contributed by atoms with Crippen LogP contribution in [-0.2, 0) is 9.59 Å². The van der Waals surface area contributed by atoms with Gasteiger partial charge in [-0.1, -0.05) is 19.0 Å². The molecule has 0 radical (unpaired) electrons. The van der Waals surface area contributed by atoms with Crippen LogP contribution in [0.4, 0.5) is 0 Å². The molecular weight excluding hydrogens is 224 g/mol. The van der Waals surface area contributed by atoms with Crippen LogP contribution in [0.15, 0.2) is 5.16 Å². The summed E-state index contributed by atoms with van der Waals surface area (Å²) in [7, 11) is 0. The third-order valence-corrected chi connectivity index (χ3v) is 2.17. The molecule has 0 aliphatic rings. The van der Waals surface area contributed by atoms with E-state index < -0.39 is 11.8 Å².